The standard InChI is InChI=1S/C27H20BrN3O5/c28-19-10-8-16(9-11-19)25(32)23-24(17-4-3-5-20(14-17)31(35)36)30(27(34)26(23)33)13-12-18-15-29-22-7-2-1-6-21(18)22/h1-11,14-15,24,29,32H,12-13H2/t24-/m1/s1. The van der Waals surface area contributed by atoms with Crippen LogP contribution in [0.15, 0.2) is 89.0 Å². The van der Waals surface area contributed by atoms with Crippen LogP contribution in [-0.4, -0.2) is 38.1 Å². The molecule has 2 heterocycles. The van der Waals surface area contributed by atoms with Crippen molar-refractivity contribution in [2.75, 3.05) is 6.54 Å². The van der Waals surface area contributed by atoms with E-state index in [-0.39, 0.29) is 23.6 Å². The third-order valence-corrected chi connectivity index (χ3v) is 6.88. The van der Waals surface area contributed by atoms with Crippen LogP contribution < -0.4 is 0 Å². The molecule has 0 spiro atoms. The van der Waals surface area contributed by atoms with Crippen molar-refractivity contribution in [1.82, 2.24) is 9.88 Å². The molecular formula is C27H20BrN3O5. The van der Waals surface area contributed by atoms with E-state index in [2.05, 4.69) is 20.9 Å². The second-order valence-electron chi connectivity index (χ2n) is 8.46. The van der Waals surface area contributed by atoms with Gasteiger partial charge in [0, 0.05) is 45.8 Å². The SMILES string of the molecule is O=C1C(=O)N(CCc2c[nH]c3ccccc23)[C@H](c2cccc([N+](=O)[O-])c2)C1=C(O)c1ccc(Br)cc1. The van der Waals surface area contributed by atoms with Crippen LogP contribution >= 0.6 is 15.9 Å². The van der Waals surface area contributed by atoms with Crippen LogP contribution in [-0.2, 0) is 16.0 Å². The fraction of sp³-hybridized carbons (Fsp3) is 0.111. The van der Waals surface area contributed by atoms with Crippen LogP contribution in [0.1, 0.15) is 22.7 Å². The highest BCUT2D eigenvalue weighted by atomic mass is 79.9. The number of nitro groups is 1. The number of halogens is 1. The van der Waals surface area contributed by atoms with Crippen molar-refractivity contribution in [3.05, 3.63) is 116 Å². The number of carbonyl (C=O) groups excluding carboxylic acids is 2. The first-order chi connectivity index (χ1) is 17.3. The van der Waals surface area contributed by atoms with Crippen LogP contribution in [0.4, 0.5) is 5.69 Å². The first-order valence-corrected chi connectivity index (χ1v) is 12.0. The lowest BCUT2D eigenvalue weighted by molar-refractivity contribution is -0.384. The minimum Gasteiger partial charge on any atom is -0.507 e. The normalized spacial score (nSPS) is 17.1. The van der Waals surface area contributed by atoms with Gasteiger partial charge in [0.25, 0.3) is 17.4 Å². The Bertz CT molecular complexity index is 1540. The molecule has 8 nitrogen and oxygen atoms in total. The molecule has 1 aliphatic rings. The first-order valence-electron chi connectivity index (χ1n) is 11.2. The molecule has 0 saturated carbocycles. The number of para-hydroxylation sites is 1. The van der Waals surface area contributed by atoms with Crippen molar-refractivity contribution in [3.8, 4) is 0 Å². The van der Waals surface area contributed by atoms with Gasteiger partial charge in [0.15, 0.2) is 0 Å². The molecule has 9 heteroatoms. The number of nitrogens with zero attached hydrogens (tertiary/aromatic N) is 2. The van der Waals surface area contributed by atoms with Gasteiger partial charge in [-0.25, -0.2) is 0 Å². The summed E-state index contributed by atoms with van der Waals surface area (Å²) in [5, 5.41) is 23.6. The fourth-order valence-corrected chi connectivity index (χ4v) is 4.87. The molecule has 0 bridgehead atoms. The molecule has 0 unspecified atom stereocenters. The van der Waals surface area contributed by atoms with Gasteiger partial charge in [-0.15, -0.1) is 0 Å². The summed E-state index contributed by atoms with van der Waals surface area (Å²) in [5.74, 6) is -1.91. The lowest BCUT2D eigenvalue weighted by atomic mass is 9.95. The number of nitrogens with one attached hydrogen (secondary N) is 1. The van der Waals surface area contributed by atoms with E-state index < -0.39 is 22.7 Å². The van der Waals surface area contributed by atoms with Crippen molar-refractivity contribution in [3.63, 3.8) is 0 Å². The maximum atomic E-state index is 13.2. The molecular weight excluding hydrogens is 526 g/mol. The topological polar surface area (TPSA) is 117 Å². The average molecular weight is 546 g/mol. The number of aromatic nitrogens is 1. The van der Waals surface area contributed by atoms with Crippen molar-refractivity contribution in [1.29, 1.82) is 0 Å². The number of nitro benzene ring substituents is 1. The number of hydrogen-bond acceptors (Lipinski definition) is 5. The Hall–Kier alpha value is -4.24. The largest absolute Gasteiger partial charge is 0.507 e. The zero-order valence-corrected chi connectivity index (χ0v) is 20.4. The van der Waals surface area contributed by atoms with Crippen molar-refractivity contribution in [2.24, 2.45) is 0 Å². The van der Waals surface area contributed by atoms with Gasteiger partial charge in [-0.3, -0.25) is 19.7 Å². The zero-order valence-electron chi connectivity index (χ0n) is 18.8. The van der Waals surface area contributed by atoms with E-state index >= 15 is 0 Å². The second-order valence-corrected chi connectivity index (χ2v) is 9.38. The molecule has 1 aliphatic heterocycles. The molecule has 5 rings (SSSR count). The lowest BCUT2D eigenvalue weighted by Gasteiger charge is -2.25. The summed E-state index contributed by atoms with van der Waals surface area (Å²) in [7, 11) is 0. The number of likely N-dealkylation sites (tertiary alicyclic amines) is 1. The van der Waals surface area contributed by atoms with Gasteiger partial charge >= 0.3 is 0 Å². The lowest BCUT2D eigenvalue weighted by Crippen LogP contribution is -2.31. The summed E-state index contributed by atoms with van der Waals surface area (Å²) in [5.41, 5.74) is 2.41. The van der Waals surface area contributed by atoms with Crippen molar-refractivity contribution < 1.29 is 19.6 Å². The van der Waals surface area contributed by atoms with Crippen molar-refractivity contribution >= 4 is 50.0 Å². The van der Waals surface area contributed by atoms with Gasteiger partial charge in [-0.2, -0.15) is 0 Å². The second kappa shape index (κ2) is 9.43. The number of H-pyrrole nitrogens is 1. The summed E-state index contributed by atoms with van der Waals surface area (Å²) >= 11 is 3.34. The molecule has 180 valence electrons. The molecule has 1 amide bonds. The average Bonchev–Trinajstić information content (AvgIpc) is 3.41. The summed E-state index contributed by atoms with van der Waals surface area (Å²) < 4.78 is 0.786. The third-order valence-electron chi connectivity index (χ3n) is 6.35. The number of benzene rings is 3. The summed E-state index contributed by atoms with van der Waals surface area (Å²) in [6, 6.07) is 19.3. The number of Topliss-reactive ketones (excluding diaryl/α,β-unsaturated/α-hetero) is 1. The minimum absolute atomic E-state index is 0.0956. The molecule has 1 atom stereocenters. The Balaban J connectivity index is 1.59. The van der Waals surface area contributed by atoms with E-state index in [1.807, 2.05) is 30.5 Å². The van der Waals surface area contributed by atoms with Crippen LogP contribution in [0.3, 0.4) is 0 Å². The molecule has 1 saturated heterocycles. The molecule has 3 aromatic carbocycles. The number of hydrogen-bond donors (Lipinski definition) is 2. The molecule has 4 aromatic rings. The summed E-state index contributed by atoms with van der Waals surface area (Å²) in [6.45, 7) is 0.177. The number of aliphatic hydroxyl groups excluding tert-OH is 1. The van der Waals surface area contributed by atoms with E-state index in [0.29, 0.717) is 17.5 Å². The zero-order chi connectivity index (χ0) is 25.4. The quantitative estimate of drug-likeness (QED) is 0.109. The number of rotatable bonds is 6. The van der Waals surface area contributed by atoms with Crippen LogP contribution in [0.5, 0.6) is 0 Å². The van der Waals surface area contributed by atoms with E-state index in [1.165, 1.54) is 23.1 Å². The molecule has 0 aliphatic carbocycles. The maximum Gasteiger partial charge on any atom is 0.295 e. The number of aromatic amines is 1. The van der Waals surface area contributed by atoms with E-state index in [0.717, 1.165) is 20.9 Å². The Kier molecular flexibility index (Phi) is 6.15. The summed E-state index contributed by atoms with van der Waals surface area (Å²) in [6.07, 6.45) is 2.31. The molecule has 0 radical (unpaired) electrons. The van der Waals surface area contributed by atoms with Crippen LogP contribution in [0.2, 0.25) is 0 Å². The Labute approximate surface area is 214 Å². The number of amides is 1. The summed E-state index contributed by atoms with van der Waals surface area (Å²) in [4.78, 5) is 41.9. The van der Waals surface area contributed by atoms with E-state index in [9.17, 15) is 24.8 Å². The minimum atomic E-state index is -0.973. The van der Waals surface area contributed by atoms with Gasteiger partial charge in [-0.1, -0.05) is 58.4 Å². The van der Waals surface area contributed by atoms with Crippen LogP contribution in [0, 0.1) is 10.1 Å². The number of ketones is 1. The Morgan fingerprint density at radius 2 is 1.81 bits per heavy atom. The van der Waals surface area contributed by atoms with E-state index in [4.69, 9.17) is 0 Å². The highest BCUT2D eigenvalue weighted by Gasteiger charge is 2.46. The van der Waals surface area contributed by atoms with Gasteiger partial charge < -0.3 is 15.0 Å². The van der Waals surface area contributed by atoms with Crippen molar-refractivity contribution in [2.45, 2.75) is 12.5 Å². The number of carbonyl (C=O) groups is 2. The third kappa shape index (κ3) is 4.18. The molecule has 1 fully saturated rings. The Morgan fingerprint density at radius 1 is 1.06 bits per heavy atom. The van der Waals surface area contributed by atoms with Gasteiger partial charge in [0.2, 0.25) is 0 Å². The highest BCUT2D eigenvalue weighted by Crippen LogP contribution is 2.40. The number of aliphatic hydroxyl groups is 1. The predicted molar refractivity (Wildman–Crippen MR) is 138 cm³/mol. The van der Waals surface area contributed by atoms with E-state index in [1.54, 1.807) is 30.3 Å². The first kappa shape index (κ1) is 23.5. The number of fused-ring (bicyclic) bond motifs is 1. The molecule has 36 heavy (non-hydrogen) atoms. The van der Waals surface area contributed by atoms with Gasteiger partial charge in [0.1, 0.15) is 5.76 Å². The fourth-order valence-electron chi connectivity index (χ4n) is 4.61. The monoisotopic (exact) mass is 545 g/mol. The van der Waals surface area contributed by atoms with Gasteiger partial charge in [-0.05, 0) is 35.7 Å². The molecule has 2 N–H and O–H groups in total. The predicted octanol–water partition coefficient (Wildman–Crippen LogP) is 5.50. The number of non-ortho nitro benzene ring substituents is 1. The van der Waals surface area contributed by atoms with Gasteiger partial charge in [0.05, 0.1) is 16.5 Å². The smallest absolute Gasteiger partial charge is 0.295 e. The highest BCUT2D eigenvalue weighted by molar-refractivity contribution is 9.10. The van der Waals surface area contributed by atoms with Crippen LogP contribution in [0.25, 0.3) is 16.7 Å². The molecule has 1 aromatic heterocycles. The maximum absolute atomic E-state index is 13.2. The Morgan fingerprint density at radius 3 is 2.56 bits per heavy atom.